The molecular formula is C18H14ClNO3S2. The minimum absolute atomic E-state index is 0.188. The third-order valence-corrected chi connectivity index (χ3v) is 4.76. The molecule has 1 aliphatic heterocycles. The topological polar surface area (TPSA) is 47.6 Å². The first-order valence-electron chi connectivity index (χ1n) is 7.47. The first-order valence-corrected chi connectivity index (χ1v) is 9.08. The van der Waals surface area contributed by atoms with Crippen molar-refractivity contribution in [3.8, 4) is 11.5 Å². The zero-order valence-electron chi connectivity index (χ0n) is 13.0. The summed E-state index contributed by atoms with van der Waals surface area (Å²) in [6, 6.07) is 14.8. The van der Waals surface area contributed by atoms with Crippen LogP contribution in [0.4, 0.5) is 0 Å². The van der Waals surface area contributed by atoms with Crippen molar-refractivity contribution in [1.82, 2.24) is 5.32 Å². The van der Waals surface area contributed by atoms with Crippen LogP contribution in [0.5, 0.6) is 11.5 Å². The summed E-state index contributed by atoms with van der Waals surface area (Å²) < 4.78 is 11.9. The number of thioether (sulfide) groups is 1. The molecule has 0 spiro atoms. The van der Waals surface area contributed by atoms with Crippen molar-refractivity contribution in [2.45, 2.75) is 0 Å². The van der Waals surface area contributed by atoms with E-state index < -0.39 is 0 Å². The van der Waals surface area contributed by atoms with Gasteiger partial charge in [-0.2, -0.15) is 0 Å². The second-order valence-corrected chi connectivity index (χ2v) is 7.14. The average molecular weight is 392 g/mol. The Hall–Kier alpha value is -2.02. The zero-order chi connectivity index (χ0) is 17.6. The number of nitrogens with one attached hydrogen (secondary N) is 1. The lowest BCUT2D eigenvalue weighted by molar-refractivity contribution is -0.115. The fourth-order valence-corrected chi connectivity index (χ4v) is 3.38. The highest BCUT2D eigenvalue weighted by Gasteiger charge is 2.22. The highest BCUT2D eigenvalue weighted by atomic mass is 35.5. The fraction of sp³-hybridized carbons (Fsp3) is 0.111. The molecule has 1 fully saturated rings. The number of carbonyl (C=O) groups excluding carboxylic acids is 1. The highest BCUT2D eigenvalue weighted by Crippen LogP contribution is 2.29. The summed E-state index contributed by atoms with van der Waals surface area (Å²) in [7, 11) is 0. The maximum Gasteiger partial charge on any atom is 0.263 e. The lowest BCUT2D eigenvalue weighted by atomic mass is 10.2. The van der Waals surface area contributed by atoms with Gasteiger partial charge in [-0.25, -0.2) is 0 Å². The molecule has 4 nitrogen and oxygen atoms in total. The van der Waals surface area contributed by atoms with E-state index in [2.05, 4.69) is 5.32 Å². The standard InChI is InChI=1S/C18H14ClNO3S2/c19-13-6-2-4-8-15(13)23-10-9-22-14-7-3-1-5-12(14)11-16-17(21)20-18(24)25-16/h1-8,11H,9-10H2,(H,20,21,24). The van der Waals surface area contributed by atoms with Crippen molar-refractivity contribution in [1.29, 1.82) is 0 Å². The molecule has 2 aromatic rings. The molecular weight excluding hydrogens is 378 g/mol. The van der Waals surface area contributed by atoms with Crippen molar-refractivity contribution in [3.63, 3.8) is 0 Å². The van der Waals surface area contributed by atoms with E-state index in [0.29, 0.717) is 39.0 Å². The van der Waals surface area contributed by atoms with Gasteiger partial charge in [-0.05, 0) is 24.3 Å². The van der Waals surface area contributed by atoms with Crippen LogP contribution in [0.15, 0.2) is 53.4 Å². The average Bonchev–Trinajstić information content (AvgIpc) is 2.92. The number of hydrogen-bond donors (Lipinski definition) is 1. The molecule has 0 aromatic heterocycles. The second-order valence-electron chi connectivity index (χ2n) is 5.02. The van der Waals surface area contributed by atoms with Crippen LogP contribution in [-0.4, -0.2) is 23.4 Å². The largest absolute Gasteiger partial charge is 0.489 e. The fourth-order valence-electron chi connectivity index (χ4n) is 2.16. The number of halogens is 1. The Morgan fingerprint density at radius 1 is 1.04 bits per heavy atom. The van der Waals surface area contributed by atoms with E-state index in [0.717, 1.165) is 5.56 Å². The number of ether oxygens (including phenoxy) is 2. The predicted octanol–water partition coefficient (Wildman–Crippen LogP) is 4.29. The third kappa shape index (κ3) is 4.75. The van der Waals surface area contributed by atoms with Crippen LogP contribution in [0, 0.1) is 0 Å². The van der Waals surface area contributed by atoms with Gasteiger partial charge in [0, 0.05) is 5.56 Å². The Kier molecular flexibility index (Phi) is 5.96. The molecule has 1 heterocycles. The monoisotopic (exact) mass is 391 g/mol. The minimum Gasteiger partial charge on any atom is -0.489 e. The van der Waals surface area contributed by atoms with Crippen LogP contribution in [-0.2, 0) is 4.79 Å². The smallest absolute Gasteiger partial charge is 0.263 e. The molecule has 0 atom stereocenters. The molecule has 0 aliphatic carbocycles. The third-order valence-electron chi connectivity index (χ3n) is 3.28. The first kappa shape index (κ1) is 17.8. The lowest BCUT2D eigenvalue weighted by Gasteiger charge is -2.11. The summed E-state index contributed by atoms with van der Waals surface area (Å²) in [5, 5.41) is 3.16. The number of para-hydroxylation sites is 2. The molecule has 1 N–H and O–H groups in total. The molecule has 7 heteroatoms. The maximum absolute atomic E-state index is 11.8. The number of thiocarbonyl (C=S) groups is 1. The Bertz CT molecular complexity index is 839. The van der Waals surface area contributed by atoms with E-state index in [4.69, 9.17) is 33.3 Å². The van der Waals surface area contributed by atoms with Gasteiger partial charge < -0.3 is 14.8 Å². The number of benzene rings is 2. The summed E-state index contributed by atoms with van der Waals surface area (Å²) in [5.74, 6) is 1.10. The number of rotatable bonds is 6. The van der Waals surface area contributed by atoms with Crippen molar-refractivity contribution in [2.24, 2.45) is 0 Å². The van der Waals surface area contributed by atoms with Gasteiger partial charge in [0.25, 0.3) is 5.91 Å². The van der Waals surface area contributed by atoms with Gasteiger partial charge in [0.1, 0.15) is 29.0 Å². The lowest BCUT2D eigenvalue weighted by Crippen LogP contribution is -2.17. The van der Waals surface area contributed by atoms with E-state index in [1.54, 1.807) is 18.2 Å². The molecule has 1 aliphatic rings. The van der Waals surface area contributed by atoms with Gasteiger partial charge in [-0.15, -0.1) is 0 Å². The van der Waals surface area contributed by atoms with Gasteiger partial charge in [-0.3, -0.25) is 4.79 Å². The second kappa shape index (κ2) is 8.38. The molecule has 2 aromatic carbocycles. The van der Waals surface area contributed by atoms with Crippen molar-refractivity contribution in [3.05, 3.63) is 64.0 Å². The molecule has 0 saturated carbocycles. The Morgan fingerprint density at radius 2 is 1.68 bits per heavy atom. The number of carbonyl (C=O) groups is 1. The Labute approximate surface area is 160 Å². The van der Waals surface area contributed by atoms with Crippen LogP contribution >= 0.6 is 35.6 Å². The number of hydrogen-bond acceptors (Lipinski definition) is 5. The van der Waals surface area contributed by atoms with E-state index in [1.807, 2.05) is 36.4 Å². The van der Waals surface area contributed by atoms with Crippen LogP contribution in [0.2, 0.25) is 5.02 Å². The van der Waals surface area contributed by atoms with Gasteiger partial charge in [0.05, 0.1) is 9.93 Å². The van der Waals surface area contributed by atoms with Crippen LogP contribution in [0.3, 0.4) is 0 Å². The molecule has 25 heavy (non-hydrogen) atoms. The summed E-state index contributed by atoms with van der Waals surface area (Å²) in [5.41, 5.74) is 0.808. The Balaban J connectivity index is 1.62. The molecule has 0 unspecified atom stereocenters. The van der Waals surface area contributed by atoms with E-state index in [1.165, 1.54) is 11.8 Å². The molecule has 1 amide bonds. The molecule has 0 radical (unpaired) electrons. The predicted molar refractivity (Wildman–Crippen MR) is 105 cm³/mol. The van der Waals surface area contributed by atoms with Crippen molar-refractivity contribution < 1.29 is 14.3 Å². The molecule has 3 rings (SSSR count). The van der Waals surface area contributed by atoms with Crippen LogP contribution in [0.1, 0.15) is 5.56 Å². The Morgan fingerprint density at radius 3 is 2.36 bits per heavy atom. The van der Waals surface area contributed by atoms with Gasteiger partial charge in [0.15, 0.2) is 0 Å². The number of amides is 1. The van der Waals surface area contributed by atoms with Gasteiger partial charge in [-0.1, -0.05) is 65.9 Å². The van der Waals surface area contributed by atoms with E-state index in [-0.39, 0.29) is 5.91 Å². The van der Waals surface area contributed by atoms with Crippen molar-refractivity contribution in [2.75, 3.05) is 13.2 Å². The normalized spacial score (nSPS) is 15.3. The SMILES string of the molecule is O=C1NC(=S)SC1=Cc1ccccc1OCCOc1ccccc1Cl. The molecule has 128 valence electrons. The van der Waals surface area contributed by atoms with Crippen molar-refractivity contribution >= 4 is 51.9 Å². The maximum atomic E-state index is 11.8. The van der Waals surface area contributed by atoms with E-state index >= 15 is 0 Å². The van der Waals surface area contributed by atoms with Crippen LogP contribution < -0.4 is 14.8 Å². The summed E-state index contributed by atoms with van der Waals surface area (Å²) >= 11 is 12.3. The summed E-state index contributed by atoms with van der Waals surface area (Å²) in [6.07, 6.45) is 1.77. The van der Waals surface area contributed by atoms with E-state index in [9.17, 15) is 4.79 Å². The molecule has 0 bridgehead atoms. The quantitative estimate of drug-likeness (QED) is 0.452. The minimum atomic E-state index is -0.188. The van der Waals surface area contributed by atoms with Gasteiger partial charge in [0.2, 0.25) is 0 Å². The summed E-state index contributed by atoms with van der Waals surface area (Å²) in [6.45, 7) is 0.705. The zero-order valence-corrected chi connectivity index (χ0v) is 15.4. The first-order chi connectivity index (χ1) is 12.1. The summed E-state index contributed by atoms with van der Waals surface area (Å²) in [4.78, 5) is 12.3. The molecule has 1 saturated heterocycles. The van der Waals surface area contributed by atoms with Crippen LogP contribution in [0.25, 0.3) is 6.08 Å². The highest BCUT2D eigenvalue weighted by molar-refractivity contribution is 8.26. The van der Waals surface area contributed by atoms with Gasteiger partial charge >= 0.3 is 0 Å².